The largest absolute Gasteiger partial charge is 0.475 e. The number of hydrogen-bond acceptors (Lipinski definition) is 5. The van der Waals surface area contributed by atoms with E-state index in [2.05, 4.69) is 15.2 Å². The SMILES string of the molecule is CC(C)(C)OC(=O)N1CCC(c2nc(C(=O)O)n[nH]2)CC1. The van der Waals surface area contributed by atoms with E-state index in [1.165, 1.54) is 0 Å². The van der Waals surface area contributed by atoms with Gasteiger partial charge in [-0.3, -0.25) is 5.10 Å². The molecule has 0 unspecified atom stereocenters. The number of aromatic amines is 1. The van der Waals surface area contributed by atoms with Crippen LogP contribution < -0.4 is 0 Å². The van der Waals surface area contributed by atoms with Gasteiger partial charge in [0.25, 0.3) is 5.82 Å². The molecule has 0 aliphatic carbocycles. The first-order valence-corrected chi connectivity index (χ1v) is 6.90. The zero-order chi connectivity index (χ0) is 15.6. The van der Waals surface area contributed by atoms with Crippen LogP contribution >= 0.6 is 0 Å². The molecule has 0 bridgehead atoms. The highest BCUT2D eigenvalue weighted by molar-refractivity contribution is 5.82. The molecular formula is C13H20N4O4. The molecule has 8 nitrogen and oxygen atoms in total. The number of piperidine rings is 1. The number of aromatic nitrogens is 3. The van der Waals surface area contributed by atoms with E-state index in [-0.39, 0.29) is 17.8 Å². The normalized spacial score (nSPS) is 16.8. The summed E-state index contributed by atoms with van der Waals surface area (Å²) in [6.45, 7) is 6.62. The third-order valence-corrected chi connectivity index (χ3v) is 3.23. The quantitative estimate of drug-likeness (QED) is 0.858. The Bertz CT molecular complexity index is 527. The van der Waals surface area contributed by atoms with Gasteiger partial charge in [0.1, 0.15) is 11.4 Å². The molecule has 0 spiro atoms. The lowest BCUT2D eigenvalue weighted by atomic mass is 9.96. The maximum atomic E-state index is 11.9. The number of H-pyrrole nitrogens is 1. The fourth-order valence-corrected chi connectivity index (χ4v) is 2.21. The molecular weight excluding hydrogens is 276 g/mol. The monoisotopic (exact) mass is 296 g/mol. The Morgan fingerprint density at radius 1 is 1.33 bits per heavy atom. The van der Waals surface area contributed by atoms with Gasteiger partial charge in [0.15, 0.2) is 0 Å². The summed E-state index contributed by atoms with van der Waals surface area (Å²) in [6, 6.07) is 0. The molecule has 0 aromatic carbocycles. The number of likely N-dealkylation sites (tertiary alicyclic amines) is 1. The Hall–Kier alpha value is -2.12. The second kappa shape index (κ2) is 5.71. The lowest BCUT2D eigenvalue weighted by Crippen LogP contribution is -2.41. The zero-order valence-corrected chi connectivity index (χ0v) is 12.4. The summed E-state index contributed by atoms with van der Waals surface area (Å²) in [6.07, 6.45) is 1.09. The van der Waals surface area contributed by atoms with Crippen LogP contribution in [0.25, 0.3) is 0 Å². The van der Waals surface area contributed by atoms with Gasteiger partial charge in [-0.1, -0.05) is 0 Å². The Balaban J connectivity index is 1.90. The second-order valence-corrected chi connectivity index (χ2v) is 6.09. The van der Waals surface area contributed by atoms with Crippen molar-refractivity contribution in [2.75, 3.05) is 13.1 Å². The van der Waals surface area contributed by atoms with E-state index >= 15 is 0 Å². The number of aromatic carboxylic acids is 1. The Morgan fingerprint density at radius 2 is 1.95 bits per heavy atom. The van der Waals surface area contributed by atoms with Gasteiger partial charge >= 0.3 is 12.1 Å². The van der Waals surface area contributed by atoms with Crippen LogP contribution in [0, 0.1) is 0 Å². The molecule has 0 atom stereocenters. The van der Waals surface area contributed by atoms with E-state index in [0.717, 1.165) is 0 Å². The van der Waals surface area contributed by atoms with Gasteiger partial charge < -0.3 is 14.7 Å². The van der Waals surface area contributed by atoms with Crippen molar-refractivity contribution in [2.24, 2.45) is 0 Å². The average Bonchev–Trinajstić information content (AvgIpc) is 2.86. The van der Waals surface area contributed by atoms with Crippen LogP contribution in [0.5, 0.6) is 0 Å². The number of carbonyl (C=O) groups excluding carboxylic acids is 1. The van der Waals surface area contributed by atoms with Gasteiger partial charge in [-0.2, -0.15) is 0 Å². The van der Waals surface area contributed by atoms with Crippen LogP contribution in [0.1, 0.15) is 56.0 Å². The van der Waals surface area contributed by atoms with E-state index in [1.54, 1.807) is 4.90 Å². The fraction of sp³-hybridized carbons (Fsp3) is 0.692. The highest BCUT2D eigenvalue weighted by Crippen LogP contribution is 2.26. The molecule has 1 aromatic heterocycles. The van der Waals surface area contributed by atoms with Gasteiger partial charge in [0.2, 0.25) is 0 Å². The van der Waals surface area contributed by atoms with Gasteiger partial charge in [-0.05, 0) is 33.6 Å². The van der Waals surface area contributed by atoms with E-state index in [4.69, 9.17) is 9.84 Å². The third kappa shape index (κ3) is 3.93. The summed E-state index contributed by atoms with van der Waals surface area (Å²) in [5.41, 5.74) is -0.505. The molecule has 2 rings (SSSR count). The summed E-state index contributed by atoms with van der Waals surface area (Å²) < 4.78 is 5.33. The molecule has 8 heteroatoms. The van der Waals surface area contributed by atoms with Gasteiger partial charge in [0.05, 0.1) is 0 Å². The molecule has 1 fully saturated rings. The molecule has 116 valence electrons. The van der Waals surface area contributed by atoms with Crippen LogP contribution in [-0.4, -0.2) is 55.9 Å². The van der Waals surface area contributed by atoms with Crippen LogP contribution in [0.4, 0.5) is 4.79 Å². The highest BCUT2D eigenvalue weighted by atomic mass is 16.6. The van der Waals surface area contributed by atoms with Crippen LogP contribution in [0.2, 0.25) is 0 Å². The minimum atomic E-state index is -1.15. The minimum Gasteiger partial charge on any atom is -0.475 e. The summed E-state index contributed by atoms with van der Waals surface area (Å²) in [5, 5.41) is 15.1. The van der Waals surface area contributed by atoms with Crippen molar-refractivity contribution in [2.45, 2.75) is 45.1 Å². The van der Waals surface area contributed by atoms with Gasteiger partial charge in [-0.25, -0.2) is 14.6 Å². The van der Waals surface area contributed by atoms with Crippen LogP contribution in [-0.2, 0) is 4.74 Å². The number of nitrogens with one attached hydrogen (secondary N) is 1. The predicted octanol–water partition coefficient (Wildman–Crippen LogP) is 1.62. The van der Waals surface area contributed by atoms with Crippen molar-refractivity contribution in [1.82, 2.24) is 20.1 Å². The Morgan fingerprint density at radius 3 is 2.43 bits per heavy atom. The van der Waals surface area contributed by atoms with E-state index in [9.17, 15) is 9.59 Å². The molecule has 21 heavy (non-hydrogen) atoms. The molecule has 1 aliphatic heterocycles. The Labute approximate surface area is 122 Å². The second-order valence-electron chi connectivity index (χ2n) is 6.09. The van der Waals surface area contributed by atoms with Crippen molar-refractivity contribution in [3.63, 3.8) is 0 Å². The number of rotatable bonds is 2. The number of carbonyl (C=O) groups is 2. The van der Waals surface area contributed by atoms with Crippen molar-refractivity contribution in [3.8, 4) is 0 Å². The molecule has 1 amide bonds. The molecule has 2 N–H and O–H groups in total. The highest BCUT2D eigenvalue weighted by Gasteiger charge is 2.29. The maximum Gasteiger partial charge on any atom is 0.410 e. The predicted molar refractivity (Wildman–Crippen MR) is 73.1 cm³/mol. The van der Waals surface area contributed by atoms with Crippen LogP contribution in [0.15, 0.2) is 0 Å². The molecule has 2 heterocycles. The summed E-state index contributed by atoms with van der Waals surface area (Å²) >= 11 is 0. The molecule has 0 radical (unpaired) electrons. The van der Waals surface area contributed by atoms with Crippen LogP contribution in [0.3, 0.4) is 0 Å². The van der Waals surface area contributed by atoms with E-state index in [1.807, 2.05) is 20.8 Å². The van der Waals surface area contributed by atoms with Crippen molar-refractivity contribution in [3.05, 3.63) is 11.6 Å². The van der Waals surface area contributed by atoms with E-state index < -0.39 is 11.6 Å². The van der Waals surface area contributed by atoms with Crippen molar-refractivity contribution >= 4 is 12.1 Å². The lowest BCUT2D eigenvalue weighted by molar-refractivity contribution is 0.0203. The number of hydrogen-bond donors (Lipinski definition) is 2. The topological polar surface area (TPSA) is 108 Å². The van der Waals surface area contributed by atoms with Gasteiger partial charge in [-0.15, -0.1) is 5.10 Å². The van der Waals surface area contributed by atoms with Gasteiger partial charge in [0, 0.05) is 19.0 Å². The lowest BCUT2D eigenvalue weighted by Gasteiger charge is -2.32. The van der Waals surface area contributed by atoms with E-state index in [0.29, 0.717) is 31.8 Å². The average molecular weight is 296 g/mol. The Kier molecular flexibility index (Phi) is 4.15. The maximum absolute atomic E-state index is 11.9. The summed E-state index contributed by atoms with van der Waals surface area (Å²) in [4.78, 5) is 28.3. The summed E-state index contributed by atoms with van der Waals surface area (Å²) in [7, 11) is 0. The first-order valence-electron chi connectivity index (χ1n) is 6.90. The number of nitrogens with zero attached hydrogens (tertiary/aromatic N) is 3. The van der Waals surface area contributed by atoms with Crippen molar-refractivity contribution < 1.29 is 19.4 Å². The summed E-state index contributed by atoms with van der Waals surface area (Å²) in [5.74, 6) is -0.719. The standard InChI is InChI=1S/C13H20N4O4/c1-13(2,3)21-12(20)17-6-4-8(5-7-17)9-14-10(11(18)19)16-15-9/h8H,4-7H2,1-3H3,(H,18,19)(H,14,15,16). The number of carboxylic acids is 1. The first kappa shape index (κ1) is 15.3. The molecule has 1 aromatic rings. The minimum absolute atomic E-state index is 0.0873. The fourth-order valence-electron chi connectivity index (χ4n) is 2.21. The molecule has 1 aliphatic rings. The number of amides is 1. The third-order valence-electron chi connectivity index (χ3n) is 3.23. The first-order chi connectivity index (χ1) is 9.76. The number of carboxylic acid groups (broad SMARTS) is 1. The smallest absolute Gasteiger partial charge is 0.410 e. The zero-order valence-electron chi connectivity index (χ0n) is 12.4. The molecule has 0 saturated carbocycles. The van der Waals surface area contributed by atoms with Crippen molar-refractivity contribution in [1.29, 1.82) is 0 Å². The molecule has 1 saturated heterocycles. The number of ether oxygens (including phenoxy) is 1.